The summed E-state index contributed by atoms with van der Waals surface area (Å²) in [6.07, 6.45) is 2.60. The smallest absolute Gasteiger partial charge is 0.121 e. The fourth-order valence-electron chi connectivity index (χ4n) is 1.35. The predicted molar refractivity (Wildman–Crippen MR) is 44.3 cm³/mol. The first-order chi connectivity index (χ1) is 5.29. The maximum Gasteiger partial charge on any atom is 0.121 e. The van der Waals surface area contributed by atoms with Crippen molar-refractivity contribution in [3.8, 4) is 0 Å². The first-order valence-corrected chi connectivity index (χ1v) is 4.74. The summed E-state index contributed by atoms with van der Waals surface area (Å²) in [6.45, 7) is 2.17. The topological polar surface area (TPSA) is 33.1 Å². The molecule has 3 heteroatoms. The van der Waals surface area contributed by atoms with Crippen molar-refractivity contribution in [2.75, 3.05) is 0 Å². The third kappa shape index (κ3) is 1.30. The highest BCUT2D eigenvalue weighted by atomic mass is 32.1. The van der Waals surface area contributed by atoms with E-state index >= 15 is 0 Å². The summed E-state index contributed by atoms with van der Waals surface area (Å²) in [5.74, 6) is 1.16. The lowest BCUT2D eigenvalue weighted by Crippen LogP contribution is -1.99. The van der Waals surface area contributed by atoms with E-state index in [0.29, 0.717) is 11.8 Å². The van der Waals surface area contributed by atoms with Crippen LogP contribution in [-0.2, 0) is 0 Å². The van der Waals surface area contributed by atoms with Crippen LogP contribution < -0.4 is 0 Å². The van der Waals surface area contributed by atoms with E-state index in [1.807, 2.05) is 5.38 Å². The largest absolute Gasteiger partial charge is 0.386 e. The van der Waals surface area contributed by atoms with Crippen molar-refractivity contribution in [3.05, 3.63) is 16.6 Å². The Hall–Kier alpha value is -0.410. The van der Waals surface area contributed by atoms with Crippen LogP contribution in [0.3, 0.4) is 0 Å². The van der Waals surface area contributed by atoms with Crippen molar-refractivity contribution in [1.29, 1.82) is 0 Å². The summed E-state index contributed by atoms with van der Waals surface area (Å²) in [6, 6.07) is 0. The molecular formula is C8H11NOS. The molecule has 1 saturated carbocycles. The second-order valence-corrected chi connectivity index (χ2v) is 4.12. The van der Waals surface area contributed by atoms with Crippen molar-refractivity contribution >= 4 is 11.3 Å². The van der Waals surface area contributed by atoms with Gasteiger partial charge in [0, 0.05) is 11.6 Å². The second kappa shape index (κ2) is 2.57. The van der Waals surface area contributed by atoms with Crippen molar-refractivity contribution in [2.24, 2.45) is 11.8 Å². The summed E-state index contributed by atoms with van der Waals surface area (Å²) >= 11 is 1.54. The van der Waals surface area contributed by atoms with Gasteiger partial charge >= 0.3 is 0 Å². The fraction of sp³-hybridized carbons (Fsp3) is 0.625. The van der Waals surface area contributed by atoms with Crippen LogP contribution in [0, 0.1) is 11.8 Å². The number of aliphatic hydroxyl groups is 1. The van der Waals surface area contributed by atoms with E-state index in [9.17, 15) is 5.11 Å². The van der Waals surface area contributed by atoms with Crippen molar-refractivity contribution in [3.63, 3.8) is 0 Å². The highest BCUT2D eigenvalue weighted by Gasteiger charge is 2.40. The van der Waals surface area contributed by atoms with Gasteiger partial charge in [-0.1, -0.05) is 6.92 Å². The zero-order valence-corrected chi connectivity index (χ0v) is 7.21. The van der Waals surface area contributed by atoms with Gasteiger partial charge in [-0.05, 0) is 18.3 Å². The van der Waals surface area contributed by atoms with Crippen molar-refractivity contribution < 1.29 is 5.11 Å². The molecule has 60 valence electrons. The predicted octanol–water partition coefficient (Wildman–Crippen LogP) is 1.83. The molecule has 1 aliphatic rings. The van der Waals surface area contributed by atoms with Crippen LogP contribution in [0.25, 0.3) is 0 Å². The molecule has 1 fully saturated rings. The molecule has 3 unspecified atom stereocenters. The van der Waals surface area contributed by atoms with Crippen LogP contribution in [0.4, 0.5) is 0 Å². The average Bonchev–Trinajstić information content (AvgIpc) is 2.56. The maximum atomic E-state index is 9.67. The van der Waals surface area contributed by atoms with Gasteiger partial charge in [-0.3, -0.25) is 0 Å². The van der Waals surface area contributed by atoms with E-state index in [1.54, 1.807) is 17.5 Å². The van der Waals surface area contributed by atoms with Gasteiger partial charge in [0.1, 0.15) is 11.1 Å². The van der Waals surface area contributed by atoms with Gasteiger partial charge in [0.15, 0.2) is 0 Å². The Labute approximate surface area is 69.9 Å². The van der Waals surface area contributed by atoms with Gasteiger partial charge in [0.05, 0.1) is 0 Å². The van der Waals surface area contributed by atoms with Crippen LogP contribution in [-0.4, -0.2) is 10.1 Å². The van der Waals surface area contributed by atoms with Gasteiger partial charge in [0.25, 0.3) is 0 Å². The summed E-state index contributed by atoms with van der Waals surface area (Å²) in [4.78, 5) is 4.08. The molecule has 0 amide bonds. The summed E-state index contributed by atoms with van der Waals surface area (Å²) < 4.78 is 0. The van der Waals surface area contributed by atoms with E-state index in [-0.39, 0.29) is 6.10 Å². The number of rotatable bonds is 2. The van der Waals surface area contributed by atoms with E-state index in [2.05, 4.69) is 11.9 Å². The molecule has 2 nitrogen and oxygen atoms in total. The molecule has 0 spiro atoms. The minimum atomic E-state index is -0.301. The normalized spacial score (nSPS) is 31.8. The third-order valence-electron chi connectivity index (χ3n) is 2.28. The van der Waals surface area contributed by atoms with E-state index in [4.69, 9.17) is 0 Å². The molecular weight excluding hydrogens is 158 g/mol. The molecule has 0 bridgehead atoms. The molecule has 1 heterocycles. The monoisotopic (exact) mass is 169 g/mol. The maximum absolute atomic E-state index is 9.67. The Morgan fingerprint density at radius 2 is 2.55 bits per heavy atom. The lowest BCUT2D eigenvalue weighted by molar-refractivity contribution is 0.148. The Kier molecular flexibility index (Phi) is 1.69. The minimum Gasteiger partial charge on any atom is -0.386 e. The molecule has 3 atom stereocenters. The number of aromatic nitrogens is 1. The molecule has 0 aromatic carbocycles. The van der Waals surface area contributed by atoms with Gasteiger partial charge < -0.3 is 5.11 Å². The Morgan fingerprint density at radius 1 is 1.82 bits per heavy atom. The van der Waals surface area contributed by atoms with Gasteiger partial charge in [-0.25, -0.2) is 4.98 Å². The molecule has 1 N–H and O–H groups in total. The van der Waals surface area contributed by atoms with Crippen LogP contribution in [0.2, 0.25) is 0 Å². The molecule has 1 aromatic heterocycles. The minimum absolute atomic E-state index is 0.301. The first kappa shape index (κ1) is 7.25. The first-order valence-electron chi connectivity index (χ1n) is 3.86. The Balaban J connectivity index is 2.06. The van der Waals surface area contributed by atoms with Crippen molar-refractivity contribution in [1.82, 2.24) is 4.98 Å². The Morgan fingerprint density at radius 3 is 3.00 bits per heavy atom. The molecule has 11 heavy (non-hydrogen) atoms. The lowest BCUT2D eigenvalue weighted by Gasteiger charge is -2.03. The van der Waals surface area contributed by atoms with Crippen LogP contribution in [0.1, 0.15) is 24.5 Å². The average molecular weight is 169 g/mol. The fourth-order valence-corrected chi connectivity index (χ4v) is 2.05. The lowest BCUT2D eigenvalue weighted by atomic mass is 10.2. The number of hydrogen-bond acceptors (Lipinski definition) is 3. The van der Waals surface area contributed by atoms with E-state index in [0.717, 1.165) is 11.4 Å². The zero-order chi connectivity index (χ0) is 7.84. The van der Waals surface area contributed by atoms with Crippen LogP contribution >= 0.6 is 11.3 Å². The number of aliphatic hydroxyl groups excluding tert-OH is 1. The van der Waals surface area contributed by atoms with Crippen molar-refractivity contribution in [2.45, 2.75) is 19.4 Å². The van der Waals surface area contributed by atoms with Crippen LogP contribution in [0.5, 0.6) is 0 Å². The number of hydrogen-bond donors (Lipinski definition) is 1. The van der Waals surface area contributed by atoms with E-state index < -0.39 is 0 Å². The second-order valence-electron chi connectivity index (χ2n) is 3.19. The zero-order valence-electron chi connectivity index (χ0n) is 6.40. The molecule has 0 radical (unpaired) electrons. The number of nitrogens with zero attached hydrogens (tertiary/aromatic N) is 1. The molecule has 0 aliphatic heterocycles. The standard InChI is InChI=1S/C8H11NOS/c1-5-4-6(5)7(10)8-9-2-3-11-8/h2-3,5-7,10H,4H2,1H3. The third-order valence-corrected chi connectivity index (χ3v) is 3.13. The molecule has 1 aliphatic carbocycles. The molecule has 2 rings (SSSR count). The Bertz CT molecular complexity index is 234. The highest BCUT2D eigenvalue weighted by molar-refractivity contribution is 7.09. The summed E-state index contributed by atoms with van der Waals surface area (Å²) in [5, 5.41) is 12.5. The number of thiazole rings is 1. The van der Waals surface area contributed by atoms with Gasteiger partial charge in [-0.2, -0.15) is 0 Å². The SMILES string of the molecule is CC1CC1C(O)c1nccs1. The summed E-state index contributed by atoms with van der Waals surface area (Å²) in [7, 11) is 0. The highest BCUT2D eigenvalue weighted by Crippen LogP contribution is 2.47. The summed E-state index contributed by atoms with van der Waals surface area (Å²) in [5.41, 5.74) is 0. The van der Waals surface area contributed by atoms with Crippen LogP contribution in [0.15, 0.2) is 11.6 Å². The molecule has 0 saturated heterocycles. The van der Waals surface area contributed by atoms with Gasteiger partial charge in [0.2, 0.25) is 0 Å². The van der Waals surface area contributed by atoms with E-state index in [1.165, 1.54) is 0 Å². The quantitative estimate of drug-likeness (QED) is 0.732. The molecule has 1 aromatic rings. The van der Waals surface area contributed by atoms with Gasteiger partial charge in [-0.15, -0.1) is 11.3 Å².